The van der Waals surface area contributed by atoms with Crippen LogP contribution < -0.4 is 0 Å². The van der Waals surface area contributed by atoms with E-state index in [2.05, 4.69) is 0 Å². The molecule has 1 N–H and O–H groups in total. The molecule has 1 heterocycles. The second-order valence-electron chi connectivity index (χ2n) is 5.78. The van der Waals surface area contributed by atoms with Gasteiger partial charge in [0.2, 0.25) is 0 Å². The van der Waals surface area contributed by atoms with E-state index in [-0.39, 0.29) is 30.5 Å². The summed E-state index contributed by atoms with van der Waals surface area (Å²) in [7, 11) is 0. The van der Waals surface area contributed by atoms with E-state index < -0.39 is 30.3 Å². The van der Waals surface area contributed by atoms with Gasteiger partial charge in [-0.1, -0.05) is 0 Å². The summed E-state index contributed by atoms with van der Waals surface area (Å²) >= 11 is 0. The van der Waals surface area contributed by atoms with Crippen molar-refractivity contribution in [2.75, 3.05) is 0 Å². The first kappa shape index (κ1) is 13.5. The molecule has 19 heavy (non-hydrogen) atoms. The summed E-state index contributed by atoms with van der Waals surface area (Å²) in [5, 5.41) is 9.18. The van der Waals surface area contributed by atoms with Crippen molar-refractivity contribution in [3.8, 4) is 0 Å². The van der Waals surface area contributed by atoms with Crippen molar-refractivity contribution in [1.82, 2.24) is 0 Å². The third kappa shape index (κ3) is 1.79. The number of epoxide rings is 1. The zero-order valence-corrected chi connectivity index (χ0v) is 9.63. The van der Waals surface area contributed by atoms with Crippen molar-refractivity contribution in [1.29, 1.82) is 0 Å². The third-order valence-electron chi connectivity index (χ3n) is 4.73. The Morgan fingerprint density at radius 3 is 1.95 bits per heavy atom. The Morgan fingerprint density at radius 1 is 0.947 bits per heavy atom. The predicted molar refractivity (Wildman–Crippen MR) is 50.0 cm³/mol. The molecule has 2 saturated carbocycles. The van der Waals surface area contributed by atoms with Crippen LogP contribution in [0, 0.1) is 17.8 Å². The van der Waals surface area contributed by atoms with E-state index in [9.17, 15) is 31.4 Å². The van der Waals surface area contributed by atoms with Crippen LogP contribution in [0.4, 0.5) is 26.3 Å². The summed E-state index contributed by atoms with van der Waals surface area (Å²) < 4.78 is 80.8. The molecular formula is C11H12F6O2. The predicted octanol–water partition coefficient (Wildman–Crippen LogP) is 2.66. The molecule has 2 bridgehead atoms. The van der Waals surface area contributed by atoms with Crippen LogP contribution in [0.15, 0.2) is 0 Å². The van der Waals surface area contributed by atoms with Gasteiger partial charge in [-0.25, -0.2) is 0 Å². The molecule has 1 saturated heterocycles. The van der Waals surface area contributed by atoms with E-state index in [1.54, 1.807) is 0 Å². The average Bonchev–Trinajstić information content (AvgIpc) is 2.84. The highest BCUT2D eigenvalue weighted by atomic mass is 19.4. The Kier molecular flexibility index (Phi) is 2.54. The number of halogens is 6. The van der Waals surface area contributed by atoms with Crippen molar-refractivity contribution in [2.24, 2.45) is 17.8 Å². The zero-order chi connectivity index (χ0) is 14.2. The summed E-state index contributed by atoms with van der Waals surface area (Å²) in [6.07, 6.45) is -12.0. The van der Waals surface area contributed by atoms with Gasteiger partial charge in [-0.3, -0.25) is 0 Å². The first-order valence-electron chi connectivity index (χ1n) is 6.06. The van der Waals surface area contributed by atoms with Crippen molar-refractivity contribution < 1.29 is 36.2 Å². The molecule has 8 heteroatoms. The number of hydrogen-bond donors (Lipinski definition) is 1. The van der Waals surface area contributed by atoms with E-state index in [0.29, 0.717) is 6.42 Å². The summed E-state index contributed by atoms with van der Waals surface area (Å²) in [4.78, 5) is 0. The lowest BCUT2D eigenvalue weighted by Crippen LogP contribution is -2.58. The van der Waals surface area contributed by atoms with Crippen molar-refractivity contribution >= 4 is 0 Å². The second kappa shape index (κ2) is 3.58. The number of aliphatic hydroxyl groups is 1. The van der Waals surface area contributed by atoms with Crippen LogP contribution in [-0.2, 0) is 4.74 Å². The molecule has 2 aliphatic carbocycles. The Labute approximate surface area is 104 Å². The van der Waals surface area contributed by atoms with Crippen LogP contribution in [0.3, 0.4) is 0 Å². The maximum absolute atomic E-state index is 12.6. The lowest BCUT2D eigenvalue weighted by atomic mass is 9.79. The molecule has 0 amide bonds. The molecule has 5 unspecified atom stereocenters. The Hall–Kier alpha value is -0.500. The Bertz CT molecular complexity index is 376. The lowest BCUT2D eigenvalue weighted by Gasteiger charge is -2.35. The third-order valence-corrected chi connectivity index (χ3v) is 4.73. The van der Waals surface area contributed by atoms with Crippen LogP contribution in [0.1, 0.15) is 19.3 Å². The van der Waals surface area contributed by atoms with Gasteiger partial charge in [-0.15, -0.1) is 0 Å². The van der Waals surface area contributed by atoms with Gasteiger partial charge >= 0.3 is 12.4 Å². The van der Waals surface area contributed by atoms with E-state index in [4.69, 9.17) is 4.74 Å². The molecule has 1 aliphatic heterocycles. The normalized spacial score (nSPS) is 41.5. The van der Waals surface area contributed by atoms with Gasteiger partial charge < -0.3 is 9.84 Å². The van der Waals surface area contributed by atoms with E-state index in [1.165, 1.54) is 0 Å². The molecule has 0 radical (unpaired) electrons. The van der Waals surface area contributed by atoms with Gasteiger partial charge in [0.05, 0.1) is 12.2 Å². The van der Waals surface area contributed by atoms with Gasteiger partial charge in [0, 0.05) is 0 Å². The summed E-state index contributed by atoms with van der Waals surface area (Å²) in [5.74, 6) is -0.987. The largest absolute Gasteiger partial charge is 0.426 e. The van der Waals surface area contributed by atoms with Crippen LogP contribution in [0.5, 0.6) is 0 Å². The molecular weight excluding hydrogens is 278 g/mol. The maximum atomic E-state index is 12.6. The van der Waals surface area contributed by atoms with Crippen molar-refractivity contribution in [3.05, 3.63) is 0 Å². The average molecular weight is 290 g/mol. The molecule has 2 nitrogen and oxygen atoms in total. The molecule has 0 aromatic rings. The minimum absolute atomic E-state index is 0.0334. The topological polar surface area (TPSA) is 32.8 Å². The fourth-order valence-corrected chi connectivity index (χ4v) is 3.74. The molecule has 110 valence electrons. The highest BCUT2D eigenvalue weighted by molar-refractivity contribution is 5.12. The Morgan fingerprint density at radius 2 is 1.53 bits per heavy atom. The molecule has 3 rings (SSSR count). The van der Waals surface area contributed by atoms with Crippen LogP contribution in [0.2, 0.25) is 0 Å². The van der Waals surface area contributed by atoms with Crippen LogP contribution in [0.25, 0.3) is 0 Å². The maximum Gasteiger partial charge on any atom is 0.426 e. The van der Waals surface area contributed by atoms with Crippen LogP contribution >= 0.6 is 0 Å². The van der Waals surface area contributed by atoms with Gasteiger partial charge in [0.1, 0.15) is 0 Å². The molecule has 3 aliphatic rings. The molecule has 0 aromatic carbocycles. The number of hydrogen-bond acceptors (Lipinski definition) is 2. The van der Waals surface area contributed by atoms with Gasteiger partial charge in [0.25, 0.3) is 5.60 Å². The van der Waals surface area contributed by atoms with E-state index in [1.807, 2.05) is 0 Å². The fraction of sp³-hybridized carbons (Fsp3) is 1.00. The lowest BCUT2D eigenvalue weighted by molar-refractivity contribution is -0.373. The SMILES string of the molecule is OC(CC1CC2CC1C1OC21)(C(F)(F)F)C(F)(F)F. The van der Waals surface area contributed by atoms with E-state index in [0.717, 1.165) is 0 Å². The molecule has 0 spiro atoms. The quantitative estimate of drug-likeness (QED) is 0.626. The minimum atomic E-state index is -5.71. The second-order valence-corrected chi connectivity index (χ2v) is 5.78. The molecule has 0 aromatic heterocycles. The van der Waals surface area contributed by atoms with Gasteiger partial charge in [0.15, 0.2) is 0 Å². The minimum Gasteiger partial charge on any atom is -0.374 e. The Balaban J connectivity index is 1.79. The first-order chi connectivity index (χ1) is 8.54. The van der Waals surface area contributed by atoms with Gasteiger partial charge in [-0.05, 0) is 37.0 Å². The molecule has 5 atom stereocenters. The summed E-state index contributed by atoms with van der Waals surface area (Å²) in [5.41, 5.74) is -4.61. The molecule has 3 fully saturated rings. The van der Waals surface area contributed by atoms with Crippen LogP contribution in [-0.4, -0.2) is 35.3 Å². The summed E-state index contributed by atoms with van der Waals surface area (Å²) in [6, 6.07) is 0. The zero-order valence-electron chi connectivity index (χ0n) is 9.63. The number of fused-ring (bicyclic) bond motifs is 5. The number of rotatable bonds is 2. The van der Waals surface area contributed by atoms with Crippen molar-refractivity contribution in [2.45, 2.75) is 49.4 Å². The number of ether oxygens (including phenoxy) is 1. The standard InChI is InChI=1S/C11H12F6O2/c12-10(13,14)9(18,11(15,16)17)3-5-1-4-2-6(5)8-7(4)19-8/h4-8,18H,1-3H2. The first-order valence-corrected chi connectivity index (χ1v) is 6.06. The van der Waals surface area contributed by atoms with Gasteiger partial charge in [-0.2, -0.15) is 26.3 Å². The fourth-order valence-electron chi connectivity index (χ4n) is 3.74. The monoisotopic (exact) mass is 290 g/mol. The van der Waals surface area contributed by atoms with E-state index >= 15 is 0 Å². The summed E-state index contributed by atoms with van der Waals surface area (Å²) in [6.45, 7) is 0. The van der Waals surface area contributed by atoms with Crippen molar-refractivity contribution in [3.63, 3.8) is 0 Å². The smallest absolute Gasteiger partial charge is 0.374 e. The highest BCUT2D eigenvalue weighted by Gasteiger charge is 2.73. The highest BCUT2D eigenvalue weighted by Crippen LogP contribution is 2.61. The number of alkyl halides is 6.